The summed E-state index contributed by atoms with van der Waals surface area (Å²) in [5.41, 5.74) is 0. The molecule has 6 nitrogen and oxygen atoms in total. The number of aromatic nitrogens is 2. The first-order valence-electron chi connectivity index (χ1n) is 6.47. The van der Waals surface area contributed by atoms with Crippen LogP contribution in [0.1, 0.15) is 25.6 Å². The SMILES string of the molecule is CC(C)c1ncc(OCC(=O)N2CCOCC2)cn1. The zero-order valence-electron chi connectivity index (χ0n) is 11.3. The van der Waals surface area contributed by atoms with Crippen LogP contribution in [-0.4, -0.2) is 53.7 Å². The van der Waals surface area contributed by atoms with E-state index in [1.54, 1.807) is 17.3 Å². The Morgan fingerprint density at radius 3 is 2.58 bits per heavy atom. The van der Waals surface area contributed by atoms with Crippen LogP contribution < -0.4 is 4.74 Å². The van der Waals surface area contributed by atoms with E-state index in [4.69, 9.17) is 9.47 Å². The second-order valence-electron chi connectivity index (χ2n) is 4.71. The van der Waals surface area contributed by atoms with Gasteiger partial charge in [-0.3, -0.25) is 4.79 Å². The monoisotopic (exact) mass is 265 g/mol. The molecular formula is C13H19N3O3. The van der Waals surface area contributed by atoms with E-state index in [9.17, 15) is 4.79 Å². The standard InChI is InChI=1S/C13H19N3O3/c1-10(2)13-14-7-11(8-15-13)19-9-12(17)16-3-5-18-6-4-16/h7-8,10H,3-6,9H2,1-2H3. The molecule has 1 aromatic heterocycles. The Kier molecular flexibility index (Phi) is 4.68. The van der Waals surface area contributed by atoms with Crippen LogP contribution in [-0.2, 0) is 9.53 Å². The minimum absolute atomic E-state index is 0.0182. The third kappa shape index (κ3) is 3.89. The van der Waals surface area contributed by atoms with Gasteiger partial charge in [-0.2, -0.15) is 0 Å². The Balaban J connectivity index is 1.82. The van der Waals surface area contributed by atoms with E-state index in [2.05, 4.69) is 9.97 Å². The van der Waals surface area contributed by atoms with Crippen LogP contribution >= 0.6 is 0 Å². The maximum atomic E-state index is 11.9. The topological polar surface area (TPSA) is 64.5 Å². The molecule has 1 aliphatic rings. The Bertz CT molecular complexity index is 414. The number of carbonyl (C=O) groups is 1. The predicted octanol–water partition coefficient (Wildman–Crippen LogP) is 0.838. The van der Waals surface area contributed by atoms with E-state index in [-0.39, 0.29) is 18.4 Å². The van der Waals surface area contributed by atoms with Crippen molar-refractivity contribution >= 4 is 5.91 Å². The summed E-state index contributed by atoms with van der Waals surface area (Å²) in [5, 5.41) is 0. The fourth-order valence-electron chi connectivity index (χ4n) is 1.75. The molecule has 0 radical (unpaired) electrons. The van der Waals surface area contributed by atoms with Gasteiger partial charge in [-0.05, 0) is 0 Å². The zero-order valence-corrected chi connectivity index (χ0v) is 11.3. The summed E-state index contributed by atoms with van der Waals surface area (Å²) in [7, 11) is 0. The van der Waals surface area contributed by atoms with Crippen molar-refractivity contribution in [1.82, 2.24) is 14.9 Å². The van der Waals surface area contributed by atoms with Gasteiger partial charge >= 0.3 is 0 Å². The van der Waals surface area contributed by atoms with Crippen molar-refractivity contribution in [2.45, 2.75) is 19.8 Å². The Labute approximate surface area is 112 Å². The molecule has 1 amide bonds. The largest absolute Gasteiger partial charge is 0.481 e. The minimum Gasteiger partial charge on any atom is -0.481 e. The molecule has 0 atom stereocenters. The van der Waals surface area contributed by atoms with Crippen molar-refractivity contribution in [3.05, 3.63) is 18.2 Å². The van der Waals surface area contributed by atoms with Gasteiger partial charge in [0, 0.05) is 19.0 Å². The van der Waals surface area contributed by atoms with Crippen molar-refractivity contribution in [3.8, 4) is 5.75 Å². The first-order chi connectivity index (χ1) is 9.16. The number of hydrogen-bond donors (Lipinski definition) is 0. The molecule has 1 aromatic rings. The van der Waals surface area contributed by atoms with Gasteiger partial charge < -0.3 is 14.4 Å². The Morgan fingerprint density at radius 2 is 2.00 bits per heavy atom. The molecule has 0 aliphatic carbocycles. The molecule has 19 heavy (non-hydrogen) atoms. The van der Waals surface area contributed by atoms with Crippen molar-refractivity contribution < 1.29 is 14.3 Å². The maximum absolute atomic E-state index is 11.9. The molecule has 0 spiro atoms. The second kappa shape index (κ2) is 6.47. The summed E-state index contributed by atoms with van der Waals surface area (Å²) in [6.45, 7) is 6.52. The number of rotatable bonds is 4. The predicted molar refractivity (Wildman–Crippen MR) is 69.0 cm³/mol. The highest BCUT2D eigenvalue weighted by molar-refractivity contribution is 5.77. The molecule has 0 N–H and O–H groups in total. The fourth-order valence-corrected chi connectivity index (χ4v) is 1.75. The summed E-state index contributed by atoms with van der Waals surface area (Å²) in [6, 6.07) is 0. The van der Waals surface area contributed by atoms with Crippen LogP contribution in [0.15, 0.2) is 12.4 Å². The van der Waals surface area contributed by atoms with Gasteiger partial charge in [-0.25, -0.2) is 9.97 Å². The fraction of sp³-hybridized carbons (Fsp3) is 0.615. The normalized spacial score (nSPS) is 15.6. The average molecular weight is 265 g/mol. The quantitative estimate of drug-likeness (QED) is 0.807. The van der Waals surface area contributed by atoms with Gasteiger partial charge in [0.05, 0.1) is 25.6 Å². The van der Waals surface area contributed by atoms with Gasteiger partial charge in [0.15, 0.2) is 12.4 Å². The summed E-state index contributed by atoms with van der Waals surface area (Å²) >= 11 is 0. The zero-order chi connectivity index (χ0) is 13.7. The van der Waals surface area contributed by atoms with Crippen LogP contribution in [0.3, 0.4) is 0 Å². The van der Waals surface area contributed by atoms with E-state index in [0.717, 1.165) is 5.82 Å². The van der Waals surface area contributed by atoms with Gasteiger partial charge in [0.25, 0.3) is 5.91 Å². The van der Waals surface area contributed by atoms with E-state index < -0.39 is 0 Å². The Morgan fingerprint density at radius 1 is 1.37 bits per heavy atom. The lowest BCUT2D eigenvalue weighted by Gasteiger charge is -2.26. The molecular weight excluding hydrogens is 246 g/mol. The van der Waals surface area contributed by atoms with Crippen LogP contribution in [0.2, 0.25) is 0 Å². The van der Waals surface area contributed by atoms with E-state index >= 15 is 0 Å². The molecule has 2 rings (SSSR count). The third-order valence-electron chi connectivity index (χ3n) is 2.89. The van der Waals surface area contributed by atoms with Crippen LogP contribution in [0.5, 0.6) is 5.75 Å². The highest BCUT2D eigenvalue weighted by Crippen LogP contribution is 2.12. The number of ether oxygens (including phenoxy) is 2. The van der Waals surface area contributed by atoms with Crippen molar-refractivity contribution in [3.63, 3.8) is 0 Å². The van der Waals surface area contributed by atoms with E-state index in [0.29, 0.717) is 32.1 Å². The summed E-state index contributed by atoms with van der Waals surface area (Å²) in [4.78, 5) is 22.0. The van der Waals surface area contributed by atoms with Crippen molar-refractivity contribution in [2.24, 2.45) is 0 Å². The van der Waals surface area contributed by atoms with Gasteiger partial charge in [0.1, 0.15) is 5.82 Å². The number of hydrogen-bond acceptors (Lipinski definition) is 5. The average Bonchev–Trinajstić information content (AvgIpc) is 2.46. The highest BCUT2D eigenvalue weighted by Gasteiger charge is 2.17. The summed E-state index contributed by atoms with van der Waals surface area (Å²) in [5.74, 6) is 1.54. The third-order valence-corrected chi connectivity index (χ3v) is 2.89. The highest BCUT2D eigenvalue weighted by atomic mass is 16.5. The van der Waals surface area contributed by atoms with Gasteiger partial charge in [-0.1, -0.05) is 13.8 Å². The van der Waals surface area contributed by atoms with E-state index in [1.807, 2.05) is 13.8 Å². The number of morpholine rings is 1. The molecule has 6 heteroatoms. The lowest BCUT2D eigenvalue weighted by Crippen LogP contribution is -2.42. The number of nitrogens with zero attached hydrogens (tertiary/aromatic N) is 3. The molecule has 1 aliphatic heterocycles. The molecule has 0 saturated carbocycles. The molecule has 0 aromatic carbocycles. The first kappa shape index (κ1) is 13.7. The van der Waals surface area contributed by atoms with Crippen LogP contribution in [0, 0.1) is 0 Å². The summed E-state index contributed by atoms with van der Waals surface area (Å²) in [6.07, 6.45) is 3.21. The molecule has 104 valence electrons. The molecule has 0 bridgehead atoms. The van der Waals surface area contributed by atoms with Crippen LogP contribution in [0.4, 0.5) is 0 Å². The number of amides is 1. The van der Waals surface area contributed by atoms with Crippen LogP contribution in [0.25, 0.3) is 0 Å². The molecule has 1 saturated heterocycles. The second-order valence-corrected chi connectivity index (χ2v) is 4.71. The lowest BCUT2D eigenvalue weighted by molar-refractivity contribution is -0.137. The van der Waals surface area contributed by atoms with Gasteiger partial charge in [0.2, 0.25) is 0 Å². The molecule has 1 fully saturated rings. The lowest BCUT2D eigenvalue weighted by atomic mass is 10.2. The minimum atomic E-state index is -0.0313. The van der Waals surface area contributed by atoms with Crippen molar-refractivity contribution in [1.29, 1.82) is 0 Å². The Hall–Kier alpha value is -1.69. The smallest absolute Gasteiger partial charge is 0.260 e. The van der Waals surface area contributed by atoms with Crippen molar-refractivity contribution in [2.75, 3.05) is 32.9 Å². The molecule has 0 unspecified atom stereocenters. The van der Waals surface area contributed by atoms with Gasteiger partial charge in [-0.15, -0.1) is 0 Å². The summed E-state index contributed by atoms with van der Waals surface area (Å²) < 4.78 is 10.6. The van der Waals surface area contributed by atoms with E-state index in [1.165, 1.54) is 0 Å². The maximum Gasteiger partial charge on any atom is 0.260 e. The first-order valence-corrected chi connectivity index (χ1v) is 6.47. The number of carbonyl (C=O) groups excluding carboxylic acids is 1. The molecule has 2 heterocycles.